The van der Waals surface area contributed by atoms with E-state index < -0.39 is 29.6 Å². The number of benzene rings is 1. The van der Waals surface area contributed by atoms with E-state index in [-0.39, 0.29) is 29.8 Å². The molecule has 1 aromatic rings. The van der Waals surface area contributed by atoms with Gasteiger partial charge in [0.25, 0.3) is 0 Å². The van der Waals surface area contributed by atoms with Crippen LogP contribution in [0.3, 0.4) is 0 Å². The van der Waals surface area contributed by atoms with Crippen molar-refractivity contribution in [3.63, 3.8) is 0 Å². The molecule has 2 N–H and O–H groups in total. The van der Waals surface area contributed by atoms with Gasteiger partial charge in [0.1, 0.15) is 11.6 Å². The molecule has 7 nitrogen and oxygen atoms in total. The van der Waals surface area contributed by atoms with Crippen molar-refractivity contribution >= 4 is 17.7 Å². The van der Waals surface area contributed by atoms with E-state index in [9.17, 15) is 14.4 Å². The summed E-state index contributed by atoms with van der Waals surface area (Å²) in [4.78, 5) is 42.3. The molecule has 2 aliphatic carbocycles. The molecule has 5 aliphatic rings. The first-order valence-corrected chi connectivity index (χ1v) is 12.4. The maximum absolute atomic E-state index is 13.7. The van der Waals surface area contributed by atoms with E-state index in [0.717, 1.165) is 44.1 Å². The topological polar surface area (TPSA) is 87.7 Å². The van der Waals surface area contributed by atoms with Gasteiger partial charge < -0.3 is 20.3 Å². The monoisotopic (exact) mass is 449 g/mol. The van der Waals surface area contributed by atoms with Crippen LogP contribution in [0.2, 0.25) is 0 Å². The number of rotatable bonds is 6. The van der Waals surface area contributed by atoms with Gasteiger partial charge in [0.05, 0.1) is 17.9 Å². The summed E-state index contributed by atoms with van der Waals surface area (Å²) in [5, 5.41) is 6.23. The number of hydrogen-bond donors (Lipinski definition) is 2. The lowest BCUT2D eigenvalue weighted by atomic mass is 9.74. The van der Waals surface area contributed by atoms with Crippen LogP contribution in [0.15, 0.2) is 42.5 Å². The van der Waals surface area contributed by atoms with Crippen LogP contribution in [-0.4, -0.2) is 52.5 Å². The fourth-order valence-corrected chi connectivity index (χ4v) is 6.38. The summed E-state index contributed by atoms with van der Waals surface area (Å²) < 4.78 is 6.38. The molecule has 7 heteroatoms. The van der Waals surface area contributed by atoms with Gasteiger partial charge in [-0.2, -0.15) is 0 Å². The summed E-state index contributed by atoms with van der Waals surface area (Å²) >= 11 is 0. The third-order valence-electron chi connectivity index (χ3n) is 8.06. The third kappa shape index (κ3) is 3.39. The number of carbonyl (C=O) groups excluding carboxylic acids is 3. The molecule has 2 saturated heterocycles. The molecule has 6 rings (SSSR count). The molecule has 174 valence electrons. The number of ether oxygens (including phenoxy) is 1. The number of likely N-dealkylation sites (tertiary alicyclic amines) is 1. The second-order valence-corrected chi connectivity index (χ2v) is 10.2. The van der Waals surface area contributed by atoms with Gasteiger partial charge in [-0.3, -0.25) is 14.4 Å². The summed E-state index contributed by atoms with van der Waals surface area (Å²) in [6.45, 7) is 0.401. The molecule has 3 heterocycles. The van der Waals surface area contributed by atoms with Gasteiger partial charge in [-0.1, -0.05) is 61.7 Å². The van der Waals surface area contributed by atoms with E-state index in [1.54, 1.807) is 4.90 Å². The SMILES string of the molecule is O=C(NCc1ccccc1)[C@@H]1[C@H]2C=C[C@]3(O2)[C@H](C(=O)NC2CCCCC2)N(C2CC2)C(=O)[C@@H]13. The van der Waals surface area contributed by atoms with Gasteiger partial charge in [0.15, 0.2) is 0 Å². The quantitative estimate of drug-likeness (QED) is 0.651. The minimum absolute atomic E-state index is 0.0728. The normalized spacial score (nSPS) is 35.0. The van der Waals surface area contributed by atoms with E-state index in [2.05, 4.69) is 10.6 Å². The molecule has 2 bridgehead atoms. The molecule has 0 aromatic heterocycles. The molecule has 1 spiro atoms. The molecule has 3 aliphatic heterocycles. The smallest absolute Gasteiger partial charge is 0.246 e. The van der Waals surface area contributed by atoms with Gasteiger partial charge in [-0.15, -0.1) is 0 Å². The predicted octanol–water partition coefficient (Wildman–Crippen LogP) is 2.06. The molecule has 5 atom stereocenters. The average Bonchev–Trinajstić information content (AvgIpc) is 3.43. The van der Waals surface area contributed by atoms with Crippen LogP contribution in [-0.2, 0) is 25.7 Å². The zero-order valence-electron chi connectivity index (χ0n) is 18.7. The van der Waals surface area contributed by atoms with Crippen molar-refractivity contribution in [2.75, 3.05) is 0 Å². The minimum Gasteiger partial charge on any atom is -0.359 e. The number of hydrogen-bond acceptors (Lipinski definition) is 4. The highest BCUT2D eigenvalue weighted by molar-refractivity contribution is 6.00. The summed E-state index contributed by atoms with van der Waals surface area (Å²) in [7, 11) is 0. The second-order valence-electron chi connectivity index (χ2n) is 10.2. The van der Waals surface area contributed by atoms with Crippen LogP contribution < -0.4 is 10.6 Å². The number of carbonyl (C=O) groups is 3. The standard InChI is InChI=1S/C26H31N3O4/c30-23(27-15-16-7-3-1-4-8-16)20-19-13-14-26(33-19)21(20)25(32)29(18-11-12-18)22(26)24(31)28-17-9-5-2-6-10-17/h1,3-4,7-8,13-14,17-22H,2,5-6,9-12,15H2,(H,27,30)(H,28,31)/t19-,20-,21-,22+,26-/m1/s1. The third-order valence-corrected chi connectivity index (χ3v) is 8.06. The van der Waals surface area contributed by atoms with Gasteiger partial charge in [0.2, 0.25) is 17.7 Å². The Hall–Kier alpha value is -2.67. The maximum Gasteiger partial charge on any atom is 0.246 e. The van der Waals surface area contributed by atoms with E-state index in [0.29, 0.717) is 6.54 Å². The first kappa shape index (κ1) is 20.9. The highest BCUT2D eigenvalue weighted by Gasteiger charge is 2.74. The average molecular weight is 450 g/mol. The van der Waals surface area contributed by atoms with Crippen molar-refractivity contribution in [2.45, 2.75) is 81.3 Å². The van der Waals surface area contributed by atoms with Crippen LogP contribution in [0.5, 0.6) is 0 Å². The summed E-state index contributed by atoms with van der Waals surface area (Å²) in [5.41, 5.74) is -0.0417. The number of nitrogens with one attached hydrogen (secondary N) is 2. The summed E-state index contributed by atoms with van der Waals surface area (Å²) in [6, 6.07) is 9.26. The summed E-state index contributed by atoms with van der Waals surface area (Å²) in [6.07, 6.45) is 10.5. The molecule has 0 unspecified atom stereocenters. The largest absolute Gasteiger partial charge is 0.359 e. The Morgan fingerprint density at radius 3 is 2.52 bits per heavy atom. The van der Waals surface area contributed by atoms with Crippen molar-refractivity contribution in [1.29, 1.82) is 0 Å². The lowest BCUT2D eigenvalue weighted by molar-refractivity contribution is -0.142. The Kier molecular flexibility index (Phi) is 5.05. The first-order valence-electron chi connectivity index (χ1n) is 12.4. The Labute approximate surface area is 193 Å². The van der Waals surface area contributed by atoms with Crippen molar-refractivity contribution in [1.82, 2.24) is 15.5 Å². The van der Waals surface area contributed by atoms with E-state index in [1.165, 1.54) is 6.42 Å². The van der Waals surface area contributed by atoms with Crippen molar-refractivity contribution < 1.29 is 19.1 Å². The molecular formula is C26H31N3O4. The molecule has 0 radical (unpaired) electrons. The molecular weight excluding hydrogens is 418 g/mol. The Balaban J connectivity index is 1.25. The Morgan fingerprint density at radius 1 is 1.03 bits per heavy atom. The van der Waals surface area contributed by atoms with Gasteiger partial charge >= 0.3 is 0 Å². The van der Waals surface area contributed by atoms with E-state index in [4.69, 9.17) is 4.74 Å². The van der Waals surface area contributed by atoms with Crippen LogP contribution in [0.25, 0.3) is 0 Å². The van der Waals surface area contributed by atoms with Crippen LogP contribution in [0.1, 0.15) is 50.5 Å². The zero-order valence-corrected chi connectivity index (χ0v) is 18.7. The lowest BCUT2D eigenvalue weighted by Crippen LogP contribution is -2.57. The Bertz CT molecular complexity index is 985. The van der Waals surface area contributed by atoms with Gasteiger partial charge in [0, 0.05) is 18.6 Å². The predicted molar refractivity (Wildman–Crippen MR) is 121 cm³/mol. The fraction of sp³-hybridized carbons (Fsp3) is 0.577. The van der Waals surface area contributed by atoms with Crippen molar-refractivity contribution in [3.8, 4) is 0 Å². The molecule has 1 aromatic carbocycles. The van der Waals surface area contributed by atoms with Crippen molar-refractivity contribution in [2.24, 2.45) is 11.8 Å². The van der Waals surface area contributed by atoms with Crippen LogP contribution in [0, 0.1) is 11.8 Å². The van der Waals surface area contributed by atoms with Gasteiger partial charge in [-0.25, -0.2) is 0 Å². The number of fused-ring (bicyclic) bond motifs is 1. The Morgan fingerprint density at radius 2 is 1.79 bits per heavy atom. The zero-order chi connectivity index (χ0) is 22.6. The minimum atomic E-state index is -1.04. The molecule has 2 saturated carbocycles. The molecule has 3 amide bonds. The lowest BCUT2D eigenvalue weighted by Gasteiger charge is -2.34. The molecule has 4 fully saturated rings. The van der Waals surface area contributed by atoms with Crippen LogP contribution in [0.4, 0.5) is 0 Å². The van der Waals surface area contributed by atoms with Crippen LogP contribution >= 0.6 is 0 Å². The highest BCUT2D eigenvalue weighted by Crippen LogP contribution is 2.57. The number of nitrogens with zero attached hydrogens (tertiary/aromatic N) is 1. The summed E-state index contributed by atoms with van der Waals surface area (Å²) in [5.74, 6) is -1.67. The fourth-order valence-electron chi connectivity index (χ4n) is 6.38. The first-order chi connectivity index (χ1) is 16.1. The highest BCUT2D eigenvalue weighted by atomic mass is 16.5. The van der Waals surface area contributed by atoms with E-state index in [1.807, 2.05) is 42.5 Å². The van der Waals surface area contributed by atoms with E-state index >= 15 is 0 Å². The maximum atomic E-state index is 13.7. The number of amides is 3. The van der Waals surface area contributed by atoms with Crippen molar-refractivity contribution in [3.05, 3.63) is 48.0 Å². The van der Waals surface area contributed by atoms with Gasteiger partial charge in [-0.05, 0) is 31.2 Å². The molecule has 33 heavy (non-hydrogen) atoms. The second kappa shape index (κ2) is 7.97.